The van der Waals surface area contributed by atoms with Crippen molar-refractivity contribution in [1.29, 1.82) is 0 Å². The molecule has 0 saturated carbocycles. The van der Waals surface area contributed by atoms with Crippen molar-refractivity contribution in [3.8, 4) is 0 Å². The Balaban J connectivity index is 1.91. The zero-order valence-corrected chi connectivity index (χ0v) is 8.37. The molecule has 0 aromatic heterocycles. The van der Waals surface area contributed by atoms with Crippen molar-refractivity contribution in [1.82, 2.24) is 10.2 Å². The van der Waals surface area contributed by atoms with Crippen molar-refractivity contribution in [2.24, 2.45) is 5.92 Å². The number of hydrogen-bond donors (Lipinski definition) is 2. The van der Waals surface area contributed by atoms with Crippen LogP contribution < -0.4 is 5.32 Å². The first-order valence-corrected chi connectivity index (χ1v) is 5.40. The van der Waals surface area contributed by atoms with Crippen molar-refractivity contribution >= 4 is 0 Å². The molecule has 2 saturated heterocycles. The summed E-state index contributed by atoms with van der Waals surface area (Å²) in [6.07, 6.45) is 2.50. The van der Waals surface area contributed by atoms with Gasteiger partial charge in [0.25, 0.3) is 0 Å². The lowest BCUT2D eigenvalue weighted by Gasteiger charge is -2.36. The third kappa shape index (κ3) is 2.03. The second kappa shape index (κ2) is 3.95. The number of nitrogens with zero attached hydrogens (tertiary/aromatic N) is 1. The first-order valence-electron chi connectivity index (χ1n) is 5.40. The van der Waals surface area contributed by atoms with E-state index in [4.69, 9.17) is 0 Å². The van der Waals surface area contributed by atoms with Crippen molar-refractivity contribution in [3.63, 3.8) is 0 Å². The zero-order chi connectivity index (χ0) is 9.26. The van der Waals surface area contributed by atoms with Crippen LogP contribution in [0.25, 0.3) is 0 Å². The number of aliphatic hydroxyl groups is 1. The SMILES string of the molecule is CC1CCCN([C@@H]2CNC[C@H]2O)C1. The first-order chi connectivity index (χ1) is 6.27. The van der Waals surface area contributed by atoms with Gasteiger partial charge in [0.05, 0.1) is 6.10 Å². The van der Waals surface area contributed by atoms with Crippen molar-refractivity contribution < 1.29 is 5.11 Å². The number of likely N-dealkylation sites (tertiary alicyclic amines) is 1. The summed E-state index contributed by atoms with van der Waals surface area (Å²) in [5.41, 5.74) is 0. The van der Waals surface area contributed by atoms with Gasteiger partial charge < -0.3 is 10.4 Å². The van der Waals surface area contributed by atoms with Crippen LogP contribution >= 0.6 is 0 Å². The van der Waals surface area contributed by atoms with E-state index >= 15 is 0 Å². The van der Waals surface area contributed by atoms with Crippen LogP contribution in [0, 0.1) is 5.92 Å². The van der Waals surface area contributed by atoms with E-state index in [1.807, 2.05) is 0 Å². The van der Waals surface area contributed by atoms with E-state index in [1.54, 1.807) is 0 Å². The quantitative estimate of drug-likeness (QED) is 0.604. The van der Waals surface area contributed by atoms with Gasteiger partial charge in [-0.2, -0.15) is 0 Å². The fourth-order valence-electron chi connectivity index (χ4n) is 2.55. The molecular weight excluding hydrogens is 164 g/mol. The van der Waals surface area contributed by atoms with E-state index in [-0.39, 0.29) is 6.10 Å². The van der Waals surface area contributed by atoms with Gasteiger partial charge in [0, 0.05) is 25.7 Å². The molecule has 13 heavy (non-hydrogen) atoms. The fraction of sp³-hybridized carbons (Fsp3) is 1.00. The van der Waals surface area contributed by atoms with Gasteiger partial charge in [0.1, 0.15) is 0 Å². The van der Waals surface area contributed by atoms with Crippen LogP contribution in [0.2, 0.25) is 0 Å². The molecule has 2 fully saturated rings. The molecule has 76 valence electrons. The highest BCUT2D eigenvalue weighted by Crippen LogP contribution is 2.20. The largest absolute Gasteiger partial charge is 0.390 e. The minimum absolute atomic E-state index is 0.148. The van der Waals surface area contributed by atoms with Gasteiger partial charge in [0.15, 0.2) is 0 Å². The normalized spacial score (nSPS) is 42.5. The topological polar surface area (TPSA) is 35.5 Å². The van der Waals surface area contributed by atoms with E-state index in [0.717, 1.165) is 19.0 Å². The molecule has 2 N–H and O–H groups in total. The number of β-amino-alcohol motifs (C(OH)–C–C–N with tert-alkyl or cyclic N) is 1. The lowest BCUT2D eigenvalue weighted by atomic mass is 9.98. The predicted octanol–water partition coefficient (Wildman–Crippen LogP) is 0.0510. The smallest absolute Gasteiger partial charge is 0.0831 e. The second-order valence-corrected chi connectivity index (χ2v) is 4.54. The highest BCUT2D eigenvalue weighted by Gasteiger charge is 2.32. The van der Waals surface area contributed by atoms with Crippen LogP contribution in [0.5, 0.6) is 0 Å². The molecule has 0 aromatic carbocycles. The standard InChI is InChI=1S/C10H20N2O/c1-8-3-2-4-12(7-8)9-5-11-6-10(9)13/h8-11,13H,2-7H2,1H3/t8?,9-,10-/m1/s1. The molecule has 0 bridgehead atoms. The van der Waals surface area contributed by atoms with E-state index in [0.29, 0.717) is 6.04 Å². The Bertz CT molecular complexity index is 174. The summed E-state index contributed by atoms with van der Waals surface area (Å²) in [6, 6.07) is 0.378. The van der Waals surface area contributed by atoms with E-state index in [9.17, 15) is 5.11 Å². The molecule has 0 aromatic rings. The Labute approximate surface area is 80.1 Å². The molecule has 1 unspecified atom stereocenters. The number of piperidine rings is 1. The lowest BCUT2D eigenvalue weighted by molar-refractivity contribution is 0.0566. The summed E-state index contributed by atoms with van der Waals surface area (Å²) >= 11 is 0. The monoisotopic (exact) mass is 184 g/mol. The van der Waals surface area contributed by atoms with E-state index < -0.39 is 0 Å². The van der Waals surface area contributed by atoms with Crippen LogP contribution in [0.3, 0.4) is 0 Å². The summed E-state index contributed by atoms with van der Waals surface area (Å²) in [7, 11) is 0. The van der Waals surface area contributed by atoms with E-state index in [1.165, 1.54) is 25.9 Å². The minimum atomic E-state index is -0.148. The van der Waals surface area contributed by atoms with Crippen molar-refractivity contribution in [3.05, 3.63) is 0 Å². The molecule has 3 atom stereocenters. The number of hydrogen-bond acceptors (Lipinski definition) is 3. The predicted molar refractivity (Wildman–Crippen MR) is 52.6 cm³/mol. The van der Waals surface area contributed by atoms with Crippen LogP contribution in [0.15, 0.2) is 0 Å². The molecular formula is C10H20N2O. The Morgan fingerprint density at radius 2 is 2.23 bits per heavy atom. The fourth-order valence-corrected chi connectivity index (χ4v) is 2.55. The number of rotatable bonds is 1. The summed E-state index contributed by atoms with van der Waals surface area (Å²) < 4.78 is 0. The molecule has 3 heteroatoms. The van der Waals surface area contributed by atoms with E-state index in [2.05, 4.69) is 17.1 Å². The third-order valence-corrected chi connectivity index (χ3v) is 3.31. The maximum absolute atomic E-state index is 9.72. The van der Waals surface area contributed by atoms with Gasteiger partial charge in [-0.1, -0.05) is 6.92 Å². The molecule has 0 amide bonds. The van der Waals surface area contributed by atoms with Gasteiger partial charge >= 0.3 is 0 Å². The van der Waals surface area contributed by atoms with Crippen molar-refractivity contribution in [2.45, 2.75) is 31.9 Å². The van der Waals surface area contributed by atoms with Crippen molar-refractivity contribution in [2.75, 3.05) is 26.2 Å². The van der Waals surface area contributed by atoms with Gasteiger partial charge in [-0.15, -0.1) is 0 Å². The zero-order valence-electron chi connectivity index (χ0n) is 8.37. The molecule has 2 aliphatic rings. The molecule has 2 rings (SSSR count). The number of nitrogens with one attached hydrogen (secondary N) is 1. The third-order valence-electron chi connectivity index (χ3n) is 3.31. The molecule has 2 aliphatic heterocycles. The van der Waals surface area contributed by atoms with Gasteiger partial charge in [-0.25, -0.2) is 0 Å². The van der Waals surface area contributed by atoms with Crippen LogP contribution in [0.1, 0.15) is 19.8 Å². The van der Waals surface area contributed by atoms with Gasteiger partial charge in [0.2, 0.25) is 0 Å². The maximum atomic E-state index is 9.72. The summed E-state index contributed by atoms with van der Waals surface area (Å²) in [6.45, 7) is 6.39. The van der Waals surface area contributed by atoms with Gasteiger partial charge in [-0.3, -0.25) is 4.90 Å². The molecule has 0 spiro atoms. The molecule has 0 aliphatic carbocycles. The molecule has 0 radical (unpaired) electrons. The lowest BCUT2D eigenvalue weighted by Crippen LogP contribution is -2.47. The Hall–Kier alpha value is -0.120. The van der Waals surface area contributed by atoms with Crippen LogP contribution in [0.4, 0.5) is 0 Å². The average molecular weight is 184 g/mol. The Kier molecular flexibility index (Phi) is 2.86. The van der Waals surface area contributed by atoms with Gasteiger partial charge in [-0.05, 0) is 25.3 Å². The summed E-state index contributed by atoms with van der Waals surface area (Å²) in [5, 5.41) is 13.0. The van der Waals surface area contributed by atoms with Crippen LogP contribution in [-0.4, -0.2) is 48.3 Å². The highest BCUT2D eigenvalue weighted by molar-refractivity contribution is 4.90. The average Bonchev–Trinajstić information content (AvgIpc) is 2.51. The Morgan fingerprint density at radius 1 is 1.38 bits per heavy atom. The highest BCUT2D eigenvalue weighted by atomic mass is 16.3. The Morgan fingerprint density at radius 3 is 2.85 bits per heavy atom. The minimum Gasteiger partial charge on any atom is -0.390 e. The number of aliphatic hydroxyl groups excluding tert-OH is 1. The second-order valence-electron chi connectivity index (χ2n) is 4.54. The van der Waals surface area contributed by atoms with Crippen LogP contribution in [-0.2, 0) is 0 Å². The summed E-state index contributed by atoms with van der Waals surface area (Å²) in [4.78, 5) is 2.46. The molecule has 3 nitrogen and oxygen atoms in total. The summed E-state index contributed by atoms with van der Waals surface area (Å²) in [5.74, 6) is 0.807. The maximum Gasteiger partial charge on any atom is 0.0831 e. The first kappa shape index (κ1) is 9.44. The molecule has 2 heterocycles.